The Morgan fingerprint density at radius 1 is 1.10 bits per heavy atom. The van der Waals surface area contributed by atoms with Crippen LogP contribution in [-0.2, 0) is 5.54 Å². The van der Waals surface area contributed by atoms with Crippen LogP contribution in [-0.4, -0.2) is 49.6 Å². The van der Waals surface area contributed by atoms with Crippen molar-refractivity contribution in [2.24, 2.45) is 11.7 Å². The Morgan fingerprint density at radius 2 is 1.70 bits per heavy atom. The molecule has 1 aliphatic heterocycles. The Bertz CT molecular complexity index is 396. The second-order valence-corrected chi connectivity index (χ2v) is 6.70. The standard InChI is InChI=1S/C17H29N3/c1-15(2)13-17(18,16-7-5-4-6-8-16)14-20-11-9-19(3)10-12-20/h4-8,15H,9-14,18H2,1-3H3. The third kappa shape index (κ3) is 4.05. The molecule has 1 aromatic rings. The Hall–Kier alpha value is -0.900. The van der Waals surface area contributed by atoms with E-state index in [0.717, 1.165) is 39.1 Å². The van der Waals surface area contributed by atoms with Crippen molar-refractivity contribution < 1.29 is 0 Å². The lowest BCUT2D eigenvalue weighted by Gasteiger charge is -2.40. The molecule has 0 aromatic heterocycles. The first-order chi connectivity index (χ1) is 9.49. The van der Waals surface area contributed by atoms with Crippen molar-refractivity contribution in [3.63, 3.8) is 0 Å². The van der Waals surface area contributed by atoms with E-state index in [1.165, 1.54) is 5.56 Å². The molecule has 3 nitrogen and oxygen atoms in total. The molecule has 1 atom stereocenters. The van der Waals surface area contributed by atoms with Gasteiger partial charge in [0.1, 0.15) is 0 Å². The minimum absolute atomic E-state index is 0.231. The zero-order valence-corrected chi connectivity index (χ0v) is 13.2. The van der Waals surface area contributed by atoms with Crippen LogP contribution in [0.4, 0.5) is 0 Å². The minimum atomic E-state index is -0.231. The molecule has 1 saturated heterocycles. The molecule has 1 aliphatic rings. The molecule has 0 aliphatic carbocycles. The first-order valence-electron chi connectivity index (χ1n) is 7.75. The maximum absolute atomic E-state index is 6.83. The third-order valence-corrected chi connectivity index (χ3v) is 4.22. The van der Waals surface area contributed by atoms with E-state index >= 15 is 0 Å². The average molecular weight is 275 g/mol. The summed E-state index contributed by atoms with van der Waals surface area (Å²) in [5.74, 6) is 0.604. The van der Waals surface area contributed by atoms with Crippen molar-refractivity contribution in [2.75, 3.05) is 39.8 Å². The van der Waals surface area contributed by atoms with Crippen LogP contribution < -0.4 is 5.73 Å². The lowest BCUT2D eigenvalue weighted by molar-refractivity contribution is 0.118. The predicted octanol–water partition coefficient (Wildman–Crippen LogP) is 2.13. The Kier molecular flexibility index (Phi) is 5.19. The maximum atomic E-state index is 6.83. The minimum Gasteiger partial charge on any atom is -0.320 e. The third-order valence-electron chi connectivity index (χ3n) is 4.22. The number of nitrogens with zero attached hydrogens (tertiary/aromatic N) is 2. The summed E-state index contributed by atoms with van der Waals surface area (Å²) >= 11 is 0. The predicted molar refractivity (Wildman–Crippen MR) is 85.7 cm³/mol. The summed E-state index contributed by atoms with van der Waals surface area (Å²) in [6.45, 7) is 10.0. The van der Waals surface area contributed by atoms with Crippen LogP contribution in [0.5, 0.6) is 0 Å². The molecule has 0 saturated carbocycles. The lowest BCUT2D eigenvalue weighted by atomic mass is 9.82. The van der Waals surface area contributed by atoms with Crippen molar-refractivity contribution in [3.8, 4) is 0 Å². The van der Waals surface area contributed by atoms with E-state index in [2.05, 4.69) is 61.0 Å². The van der Waals surface area contributed by atoms with Crippen molar-refractivity contribution in [1.29, 1.82) is 0 Å². The molecule has 2 rings (SSSR count). The summed E-state index contributed by atoms with van der Waals surface area (Å²) in [5, 5.41) is 0. The highest BCUT2D eigenvalue weighted by atomic mass is 15.3. The van der Waals surface area contributed by atoms with E-state index < -0.39 is 0 Å². The molecule has 20 heavy (non-hydrogen) atoms. The highest BCUT2D eigenvalue weighted by molar-refractivity contribution is 5.24. The van der Waals surface area contributed by atoms with Crippen molar-refractivity contribution in [1.82, 2.24) is 9.80 Å². The monoisotopic (exact) mass is 275 g/mol. The van der Waals surface area contributed by atoms with E-state index in [-0.39, 0.29) is 5.54 Å². The van der Waals surface area contributed by atoms with Crippen molar-refractivity contribution in [2.45, 2.75) is 25.8 Å². The van der Waals surface area contributed by atoms with E-state index in [0.29, 0.717) is 5.92 Å². The SMILES string of the molecule is CC(C)CC(N)(CN1CCN(C)CC1)c1ccccc1. The molecule has 3 heteroatoms. The summed E-state index contributed by atoms with van der Waals surface area (Å²) in [6, 6.07) is 10.6. The van der Waals surface area contributed by atoms with Gasteiger partial charge in [-0.05, 0) is 24.9 Å². The molecule has 2 N–H and O–H groups in total. The molecule has 1 aromatic carbocycles. The quantitative estimate of drug-likeness (QED) is 0.893. The van der Waals surface area contributed by atoms with Crippen LogP contribution in [0.1, 0.15) is 25.8 Å². The van der Waals surface area contributed by atoms with Gasteiger partial charge in [-0.3, -0.25) is 4.90 Å². The molecule has 112 valence electrons. The first-order valence-corrected chi connectivity index (χ1v) is 7.75. The van der Waals surface area contributed by atoms with E-state index in [1.54, 1.807) is 0 Å². The maximum Gasteiger partial charge on any atom is 0.0541 e. The normalized spacial score (nSPS) is 21.1. The number of hydrogen-bond donors (Lipinski definition) is 1. The Balaban J connectivity index is 2.11. The van der Waals surface area contributed by atoms with Gasteiger partial charge in [0.2, 0.25) is 0 Å². The van der Waals surface area contributed by atoms with Crippen LogP contribution in [0.15, 0.2) is 30.3 Å². The fourth-order valence-corrected chi connectivity index (χ4v) is 3.18. The smallest absolute Gasteiger partial charge is 0.0541 e. The van der Waals surface area contributed by atoms with Crippen molar-refractivity contribution >= 4 is 0 Å². The van der Waals surface area contributed by atoms with Gasteiger partial charge in [0.15, 0.2) is 0 Å². The molecular weight excluding hydrogens is 246 g/mol. The number of hydrogen-bond acceptors (Lipinski definition) is 3. The van der Waals surface area contributed by atoms with Gasteiger partial charge < -0.3 is 10.6 Å². The molecule has 0 bridgehead atoms. The summed E-state index contributed by atoms with van der Waals surface area (Å²) in [4.78, 5) is 4.91. The van der Waals surface area contributed by atoms with E-state index in [1.807, 2.05) is 0 Å². The highest BCUT2D eigenvalue weighted by Gasteiger charge is 2.31. The van der Waals surface area contributed by atoms with Gasteiger partial charge in [0.05, 0.1) is 5.54 Å². The van der Waals surface area contributed by atoms with Crippen LogP contribution in [0.2, 0.25) is 0 Å². The van der Waals surface area contributed by atoms with Gasteiger partial charge in [-0.25, -0.2) is 0 Å². The second-order valence-electron chi connectivity index (χ2n) is 6.70. The fourth-order valence-electron chi connectivity index (χ4n) is 3.18. The fraction of sp³-hybridized carbons (Fsp3) is 0.647. The van der Waals surface area contributed by atoms with Crippen LogP contribution in [0.3, 0.4) is 0 Å². The van der Waals surface area contributed by atoms with Crippen LogP contribution in [0, 0.1) is 5.92 Å². The summed E-state index contributed by atoms with van der Waals surface area (Å²) < 4.78 is 0. The number of rotatable bonds is 5. The van der Waals surface area contributed by atoms with Crippen LogP contribution in [0.25, 0.3) is 0 Å². The number of likely N-dealkylation sites (N-methyl/N-ethyl adjacent to an activating group) is 1. The second kappa shape index (κ2) is 6.70. The zero-order valence-electron chi connectivity index (χ0n) is 13.2. The van der Waals surface area contributed by atoms with Gasteiger partial charge >= 0.3 is 0 Å². The molecule has 0 radical (unpaired) electrons. The van der Waals surface area contributed by atoms with Gasteiger partial charge in [0.25, 0.3) is 0 Å². The summed E-state index contributed by atoms with van der Waals surface area (Å²) in [5.41, 5.74) is 7.87. The molecule has 1 unspecified atom stereocenters. The summed E-state index contributed by atoms with van der Waals surface area (Å²) in [6.07, 6.45) is 1.03. The van der Waals surface area contributed by atoms with Gasteiger partial charge in [-0.2, -0.15) is 0 Å². The molecule has 1 fully saturated rings. The van der Waals surface area contributed by atoms with Gasteiger partial charge in [0, 0.05) is 32.7 Å². The number of nitrogens with two attached hydrogens (primary N) is 1. The van der Waals surface area contributed by atoms with Gasteiger partial charge in [-0.15, -0.1) is 0 Å². The van der Waals surface area contributed by atoms with Crippen LogP contribution >= 0.6 is 0 Å². The lowest BCUT2D eigenvalue weighted by Crippen LogP contribution is -2.53. The molecule has 1 heterocycles. The average Bonchev–Trinajstić information content (AvgIpc) is 2.42. The topological polar surface area (TPSA) is 32.5 Å². The number of piperazine rings is 1. The molecule has 0 spiro atoms. The van der Waals surface area contributed by atoms with E-state index in [4.69, 9.17) is 5.73 Å². The van der Waals surface area contributed by atoms with Gasteiger partial charge in [-0.1, -0.05) is 44.2 Å². The first kappa shape index (κ1) is 15.5. The largest absolute Gasteiger partial charge is 0.320 e. The summed E-state index contributed by atoms with van der Waals surface area (Å²) in [7, 11) is 2.19. The Labute approximate surface area is 123 Å². The van der Waals surface area contributed by atoms with E-state index in [9.17, 15) is 0 Å². The highest BCUT2D eigenvalue weighted by Crippen LogP contribution is 2.27. The number of benzene rings is 1. The zero-order chi connectivity index (χ0) is 14.6. The molecular formula is C17H29N3. The Morgan fingerprint density at radius 3 is 2.25 bits per heavy atom. The molecule has 0 amide bonds. The van der Waals surface area contributed by atoms with Crippen molar-refractivity contribution in [3.05, 3.63) is 35.9 Å².